The lowest BCUT2D eigenvalue weighted by molar-refractivity contribution is -0.172. The Morgan fingerprint density at radius 3 is 2.67 bits per heavy atom. The summed E-state index contributed by atoms with van der Waals surface area (Å²) in [5, 5.41) is 0.638. The van der Waals surface area contributed by atoms with E-state index in [0.29, 0.717) is 17.4 Å². The van der Waals surface area contributed by atoms with Crippen LogP contribution in [-0.4, -0.2) is 25.9 Å². The molecular weight excluding hydrogens is 252 g/mol. The minimum absolute atomic E-state index is 0.135. The second-order valence-corrected chi connectivity index (χ2v) is 6.04. The zero-order valence-electron chi connectivity index (χ0n) is 10.6. The summed E-state index contributed by atoms with van der Waals surface area (Å²) in [4.78, 5) is 0. The number of benzene rings is 1. The van der Waals surface area contributed by atoms with Crippen molar-refractivity contribution in [3.63, 3.8) is 0 Å². The van der Waals surface area contributed by atoms with Crippen LogP contribution < -0.4 is 4.74 Å². The van der Waals surface area contributed by atoms with Crippen LogP contribution in [0.4, 0.5) is 0 Å². The number of hydrogen-bond acceptors (Lipinski definition) is 3. The first-order valence-electron chi connectivity index (χ1n) is 6.22. The van der Waals surface area contributed by atoms with Crippen molar-refractivity contribution in [2.75, 3.05) is 19.8 Å². The highest BCUT2D eigenvalue weighted by Crippen LogP contribution is 2.46. The second kappa shape index (κ2) is 4.41. The molecule has 0 spiro atoms. The van der Waals surface area contributed by atoms with E-state index in [1.807, 2.05) is 18.2 Å². The third-order valence-electron chi connectivity index (χ3n) is 3.42. The average molecular weight is 269 g/mol. The Hall–Kier alpha value is -0.770. The summed E-state index contributed by atoms with van der Waals surface area (Å²) in [5.74, 6) is 0.716. The van der Waals surface area contributed by atoms with Crippen LogP contribution in [0.15, 0.2) is 18.2 Å². The first-order valence-corrected chi connectivity index (χ1v) is 6.59. The summed E-state index contributed by atoms with van der Waals surface area (Å²) in [6.45, 7) is 6.56. The van der Waals surface area contributed by atoms with E-state index in [4.69, 9.17) is 25.8 Å². The predicted octanol–water partition coefficient (Wildman–Crippen LogP) is 3.22. The highest BCUT2D eigenvalue weighted by atomic mass is 35.5. The molecule has 2 fully saturated rings. The van der Waals surface area contributed by atoms with E-state index < -0.39 is 0 Å². The lowest BCUT2D eigenvalue weighted by Crippen LogP contribution is -2.40. The fourth-order valence-corrected chi connectivity index (χ4v) is 2.44. The van der Waals surface area contributed by atoms with Crippen molar-refractivity contribution in [2.45, 2.75) is 26.1 Å². The minimum Gasteiger partial charge on any atom is -0.489 e. The molecule has 2 heterocycles. The molecule has 2 aliphatic rings. The van der Waals surface area contributed by atoms with Crippen LogP contribution in [0, 0.1) is 5.41 Å². The molecule has 0 N–H and O–H groups in total. The maximum atomic E-state index is 6.23. The van der Waals surface area contributed by atoms with Gasteiger partial charge in [0.05, 0.1) is 24.3 Å². The first kappa shape index (κ1) is 12.3. The summed E-state index contributed by atoms with van der Waals surface area (Å²) in [6.07, 6.45) is 0.380. The summed E-state index contributed by atoms with van der Waals surface area (Å²) in [6, 6.07) is 5.88. The highest BCUT2D eigenvalue weighted by Gasteiger charge is 2.41. The molecule has 1 aromatic rings. The van der Waals surface area contributed by atoms with E-state index >= 15 is 0 Å². The maximum Gasteiger partial charge on any atom is 0.138 e. The fourth-order valence-electron chi connectivity index (χ4n) is 2.19. The summed E-state index contributed by atoms with van der Waals surface area (Å²) >= 11 is 6.23. The SMILES string of the molecule is CC1(C)COC1c1ccc(OCC2CO2)c(Cl)c1. The Kier molecular flexibility index (Phi) is 3.00. The molecule has 0 aromatic heterocycles. The molecule has 0 aliphatic carbocycles. The Bertz CT molecular complexity index is 454. The number of rotatable bonds is 4. The largest absolute Gasteiger partial charge is 0.489 e. The molecule has 3 rings (SSSR count). The Balaban J connectivity index is 1.71. The van der Waals surface area contributed by atoms with Crippen molar-refractivity contribution in [1.29, 1.82) is 0 Å². The normalized spacial score (nSPS) is 28.6. The van der Waals surface area contributed by atoms with E-state index in [-0.39, 0.29) is 17.6 Å². The van der Waals surface area contributed by atoms with E-state index in [0.717, 1.165) is 18.8 Å². The second-order valence-electron chi connectivity index (χ2n) is 5.64. The van der Waals surface area contributed by atoms with Crippen LogP contribution in [0.5, 0.6) is 5.75 Å². The van der Waals surface area contributed by atoms with Gasteiger partial charge >= 0.3 is 0 Å². The molecule has 0 amide bonds. The summed E-state index contributed by atoms with van der Waals surface area (Å²) in [5.41, 5.74) is 1.30. The lowest BCUT2D eigenvalue weighted by Gasteiger charge is -2.44. The van der Waals surface area contributed by atoms with Gasteiger partial charge in [-0.05, 0) is 17.7 Å². The average Bonchev–Trinajstić information content (AvgIpc) is 3.10. The molecule has 1 aromatic carbocycles. The monoisotopic (exact) mass is 268 g/mol. The molecule has 18 heavy (non-hydrogen) atoms. The van der Waals surface area contributed by atoms with Crippen LogP contribution in [0.3, 0.4) is 0 Å². The van der Waals surface area contributed by atoms with E-state index in [2.05, 4.69) is 13.8 Å². The highest BCUT2D eigenvalue weighted by molar-refractivity contribution is 6.32. The Morgan fingerprint density at radius 1 is 1.39 bits per heavy atom. The van der Waals surface area contributed by atoms with Gasteiger partial charge in [-0.15, -0.1) is 0 Å². The van der Waals surface area contributed by atoms with Gasteiger partial charge in [-0.25, -0.2) is 0 Å². The van der Waals surface area contributed by atoms with Gasteiger partial charge in [0, 0.05) is 5.41 Å². The van der Waals surface area contributed by atoms with Gasteiger partial charge in [-0.1, -0.05) is 31.5 Å². The Morgan fingerprint density at radius 2 is 2.17 bits per heavy atom. The molecule has 2 unspecified atom stereocenters. The number of halogens is 1. The zero-order valence-corrected chi connectivity index (χ0v) is 11.4. The molecule has 4 heteroatoms. The predicted molar refractivity (Wildman–Crippen MR) is 69.2 cm³/mol. The maximum absolute atomic E-state index is 6.23. The Labute approximate surface area is 112 Å². The van der Waals surface area contributed by atoms with Gasteiger partial charge < -0.3 is 14.2 Å². The first-order chi connectivity index (χ1) is 8.56. The number of epoxide rings is 1. The molecule has 0 bridgehead atoms. The van der Waals surface area contributed by atoms with Gasteiger partial charge in [0.1, 0.15) is 18.5 Å². The number of hydrogen-bond donors (Lipinski definition) is 0. The van der Waals surface area contributed by atoms with Crippen molar-refractivity contribution < 1.29 is 14.2 Å². The molecule has 3 nitrogen and oxygen atoms in total. The smallest absolute Gasteiger partial charge is 0.138 e. The van der Waals surface area contributed by atoms with Crippen LogP contribution in [0.25, 0.3) is 0 Å². The molecular formula is C14H17ClO3. The van der Waals surface area contributed by atoms with Gasteiger partial charge in [0.25, 0.3) is 0 Å². The van der Waals surface area contributed by atoms with Gasteiger partial charge in [-0.3, -0.25) is 0 Å². The summed E-state index contributed by atoms with van der Waals surface area (Å²) < 4.78 is 16.3. The molecule has 2 saturated heterocycles. The third-order valence-corrected chi connectivity index (χ3v) is 3.71. The molecule has 2 atom stereocenters. The van der Waals surface area contributed by atoms with E-state index in [1.54, 1.807) is 0 Å². The van der Waals surface area contributed by atoms with Crippen LogP contribution in [0.2, 0.25) is 5.02 Å². The van der Waals surface area contributed by atoms with E-state index in [1.165, 1.54) is 0 Å². The van der Waals surface area contributed by atoms with Crippen LogP contribution >= 0.6 is 11.6 Å². The minimum atomic E-state index is 0.135. The topological polar surface area (TPSA) is 31.0 Å². The lowest BCUT2D eigenvalue weighted by atomic mass is 9.79. The zero-order chi connectivity index (χ0) is 12.8. The van der Waals surface area contributed by atoms with Crippen molar-refractivity contribution in [1.82, 2.24) is 0 Å². The quantitative estimate of drug-likeness (QED) is 0.786. The number of ether oxygens (including phenoxy) is 3. The molecule has 0 radical (unpaired) electrons. The van der Waals surface area contributed by atoms with Gasteiger partial charge in [-0.2, -0.15) is 0 Å². The molecule has 2 aliphatic heterocycles. The van der Waals surface area contributed by atoms with Crippen LogP contribution in [-0.2, 0) is 9.47 Å². The molecule has 98 valence electrons. The van der Waals surface area contributed by atoms with Gasteiger partial charge in [0.2, 0.25) is 0 Å². The van der Waals surface area contributed by atoms with Crippen molar-refractivity contribution in [2.24, 2.45) is 5.41 Å². The standard InChI is InChI=1S/C14H17ClO3/c1-14(2)8-18-13(14)9-3-4-12(11(15)5-9)17-7-10-6-16-10/h3-5,10,13H,6-8H2,1-2H3. The summed E-state index contributed by atoms with van der Waals surface area (Å²) in [7, 11) is 0. The van der Waals surface area contributed by atoms with Crippen molar-refractivity contribution in [3.05, 3.63) is 28.8 Å². The van der Waals surface area contributed by atoms with Crippen molar-refractivity contribution >= 4 is 11.6 Å². The third kappa shape index (κ3) is 2.35. The van der Waals surface area contributed by atoms with Crippen LogP contribution in [0.1, 0.15) is 25.5 Å². The molecule has 0 saturated carbocycles. The van der Waals surface area contributed by atoms with Crippen molar-refractivity contribution in [3.8, 4) is 5.75 Å². The van der Waals surface area contributed by atoms with E-state index in [9.17, 15) is 0 Å². The van der Waals surface area contributed by atoms with Gasteiger partial charge in [0.15, 0.2) is 0 Å². The fraction of sp³-hybridized carbons (Fsp3) is 0.571.